The molecule has 0 saturated heterocycles. The molecule has 2 aromatic heterocycles. The van der Waals surface area contributed by atoms with Gasteiger partial charge >= 0.3 is 5.97 Å². The Morgan fingerprint density at radius 1 is 0.800 bits per heavy atom. The van der Waals surface area contributed by atoms with Gasteiger partial charge in [-0.25, -0.2) is 14.8 Å². The maximum atomic E-state index is 13.3. The average molecular weight is 628 g/mol. The summed E-state index contributed by atoms with van der Waals surface area (Å²) in [4.78, 5) is 48.7. The summed E-state index contributed by atoms with van der Waals surface area (Å²) < 4.78 is 0. The second kappa shape index (κ2) is 13.8. The molecular formula is C36H41N3O5S. The first-order valence-corrected chi connectivity index (χ1v) is 15.8. The van der Waals surface area contributed by atoms with Crippen molar-refractivity contribution in [1.82, 2.24) is 15.3 Å². The van der Waals surface area contributed by atoms with E-state index >= 15 is 0 Å². The number of aliphatic carboxylic acids is 1. The topological polar surface area (TPSA) is 129 Å². The van der Waals surface area contributed by atoms with Crippen LogP contribution in [-0.4, -0.2) is 50.5 Å². The molecule has 0 fully saturated rings. The van der Waals surface area contributed by atoms with E-state index in [-0.39, 0.29) is 29.5 Å². The Bertz CT molecular complexity index is 1630. The number of ketones is 1. The summed E-state index contributed by atoms with van der Waals surface area (Å²) in [6.07, 6.45) is 3.70. The van der Waals surface area contributed by atoms with Crippen molar-refractivity contribution in [3.05, 3.63) is 93.9 Å². The molecule has 236 valence electrons. The van der Waals surface area contributed by atoms with E-state index in [1.54, 1.807) is 18.5 Å². The number of aliphatic hydroxyl groups is 1. The Balaban J connectivity index is 1.50. The van der Waals surface area contributed by atoms with E-state index in [0.717, 1.165) is 27.1 Å². The maximum Gasteiger partial charge on any atom is 0.328 e. The van der Waals surface area contributed by atoms with E-state index in [2.05, 4.69) is 81.1 Å². The van der Waals surface area contributed by atoms with Crippen molar-refractivity contribution >= 4 is 29.0 Å². The van der Waals surface area contributed by atoms with Gasteiger partial charge in [0.1, 0.15) is 6.04 Å². The second-order valence-corrected chi connectivity index (χ2v) is 14.4. The fourth-order valence-corrected chi connectivity index (χ4v) is 5.82. The van der Waals surface area contributed by atoms with E-state index in [1.165, 1.54) is 16.9 Å². The van der Waals surface area contributed by atoms with E-state index < -0.39 is 30.4 Å². The number of aromatic nitrogens is 2. The Hall–Kier alpha value is -4.21. The molecule has 0 bridgehead atoms. The molecule has 0 aliphatic heterocycles. The highest BCUT2D eigenvalue weighted by Gasteiger charge is 2.28. The number of nitrogens with zero attached hydrogens (tertiary/aromatic N) is 2. The molecule has 0 saturated carbocycles. The highest BCUT2D eigenvalue weighted by Crippen LogP contribution is 2.31. The highest BCUT2D eigenvalue weighted by molar-refractivity contribution is 7.14. The molecule has 4 aromatic rings. The zero-order chi connectivity index (χ0) is 32.9. The van der Waals surface area contributed by atoms with Crippen LogP contribution in [0.5, 0.6) is 0 Å². The highest BCUT2D eigenvalue weighted by atomic mass is 32.1. The van der Waals surface area contributed by atoms with Gasteiger partial charge in [0.25, 0.3) is 0 Å². The quantitative estimate of drug-likeness (QED) is 0.163. The monoisotopic (exact) mass is 627 g/mol. The molecule has 4 rings (SSSR count). The van der Waals surface area contributed by atoms with Crippen molar-refractivity contribution in [2.24, 2.45) is 5.92 Å². The lowest BCUT2D eigenvalue weighted by atomic mass is 9.86. The molecule has 0 spiro atoms. The van der Waals surface area contributed by atoms with Crippen LogP contribution >= 0.6 is 11.3 Å². The van der Waals surface area contributed by atoms with Crippen molar-refractivity contribution in [2.75, 3.05) is 6.61 Å². The van der Waals surface area contributed by atoms with Crippen molar-refractivity contribution in [2.45, 2.75) is 71.3 Å². The molecule has 0 radical (unpaired) electrons. The van der Waals surface area contributed by atoms with E-state index in [1.807, 2.05) is 30.3 Å². The third-order valence-electron chi connectivity index (χ3n) is 7.65. The number of carboxylic acids is 1. The van der Waals surface area contributed by atoms with Crippen LogP contribution in [0.1, 0.15) is 73.6 Å². The summed E-state index contributed by atoms with van der Waals surface area (Å²) in [6.45, 7) is 12.0. The number of carbonyl (C=O) groups is 3. The smallest absolute Gasteiger partial charge is 0.328 e. The first kappa shape index (κ1) is 33.7. The van der Waals surface area contributed by atoms with Gasteiger partial charge in [0, 0.05) is 40.7 Å². The first-order valence-electron chi connectivity index (χ1n) is 15.0. The Morgan fingerprint density at radius 2 is 1.40 bits per heavy atom. The molecule has 2 atom stereocenters. The van der Waals surface area contributed by atoms with Crippen LogP contribution in [0.2, 0.25) is 0 Å². The Labute approximate surface area is 268 Å². The number of hydrogen-bond donors (Lipinski definition) is 3. The summed E-state index contributed by atoms with van der Waals surface area (Å²) in [5.41, 5.74) is 4.75. The van der Waals surface area contributed by atoms with Gasteiger partial charge < -0.3 is 15.5 Å². The number of aliphatic hydroxyl groups excluding tert-OH is 1. The van der Waals surface area contributed by atoms with E-state index in [4.69, 9.17) is 0 Å². The fraction of sp³-hybridized carbons (Fsp3) is 0.361. The van der Waals surface area contributed by atoms with Gasteiger partial charge in [0.2, 0.25) is 5.91 Å². The zero-order valence-electron chi connectivity index (χ0n) is 26.6. The Kier molecular flexibility index (Phi) is 10.4. The summed E-state index contributed by atoms with van der Waals surface area (Å²) >= 11 is 1.40. The van der Waals surface area contributed by atoms with Gasteiger partial charge in [-0.3, -0.25) is 9.59 Å². The van der Waals surface area contributed by atoms with Crippen LogP contribution < -0.4 is 5.32 Å². The summed E-state index contributed by atoms with van der Waals surface area (Å²) in [5, 5.41) is 21.2. The average Bonchev–Trinajstić information content (AvgIpc) is 3.51. The predicted molar refractivity (Wildman–Crippen MR) is 177 cm³/mol. The lowest BCUT2D eigenvalue weighted by Gasteiger charge is -2.19. The molecule has 3 N–H and O–H groups in total. The number of benzene rings is 2. The molecule has 0 aliphatic carbocycles. The van der Waals surface area contributed by atoms with Crippen LogP contribution in [0.25, 0.3) is 22.5 Å². The standard InChI is InChI=1S/C36H41N3O5S/c1-35(2,3)27-13-11-23(12-14-27)26-19-37-32(38-20-26)24-9-7-22(8-10-24)17-25(33(42)39-28(21-40)34(43)44)18-29(41)30-15-16-31(45-30)36(4,5)6/h7-16,19-20,25,28,40H,17-18,21H2,1-6H3,(H,39,42)(H,43,44)/t25-,28-/m1/s1. The Morgan fingerprint density at radius 3 is 1.91 bits per heavy atom. The van der Waals surface area contributed by atoms with Gasteiger partial charge in [0.05, 0.1) is 11.5 Å². The van der Waals surface area contributed by atoms with Crippen molar-refractivity contribution in [1.29, 1.82) is 0 Å². The molecule has 0 aliphatic rings. The molecule has 8 nitrogen and oxygen atoms in total. The summed E-state index contributed by atoms with van der Waals surface area (Å²) in [7, 11) is 0. The lowest BCUT2D eigenvalue weighted by Crippen LogP contribution is -2.46. The zero-order valence-corrected chi connectivity index (χ0v) is 27.4. The van der Waals surface area contributed by atoms with Crippen LogP contribution in [0.15, 0.2) is 73.1 Å². The fourth-order valence-electron chi connectivity index (χ4n) is 4.81. The van der Waals surface area contributed by atoms with Crippen LogP contribution in [0.3, 0.4) is 0 Å². The number of carboxylic acid groups (broad SMARTS) is 1. The molecule has 0 unspecified atom stereocenters. The van der Waals surface area contributed by atoms with Gasteiger partial charge in [0.15, 0.2) is 11.6 Å². The number of thiophene rings is 1. The molecule has 1 amide bonds. The van der Waals surface area contributed by atoms with Crippen molar-refractivity contribution in [3.8, 4) is 22.5 Å². The van der Waals surface area contributed by atoms with Gasteiger partial charge in [-0.1, -0.05) is 90.1 Å². The lowest BCUT2D eigenvalue weighted by molar-refractivity contribution is -0.143. The van der Waals surface area contributed by atoms with Crippen LogP contribution in [0, 0.1) is 5.92 Å². The summed E-state index contributed by atoms with van der Waals surface area (Å²) in [5.74, 6) is -2.42. The first-order chi connectivity index (χ1) is 21.2. The number of hydrogen-bond acceptors (Lipinski definition) is 7. The summed E-state index contributed by atoms with van der Waals surface area (Å²) in [6, 6.07) is 18.1. The predicted octanol–water partition coefficient (Wildman–Crippen LogP) is 6.46. The SMILES string of the molecule is CC(C)(C)c1ccc(-c2cnc(-c3ccc(C[C@H](CC(=O)c4ccc(C(C)(C)C)s4)C(=O)N[C@H](CO)C(=O)O)cc3)nc2)cc1. The van der Waals surface area contributed by atoms with Crippen molar-refractivity contribution in [3.63, 3.8) is 0 Å². The minimum atomic E-state index is -1.46. The van der Waals surface area contributed by atoms with Crippen molar-refractivity contribution < 1.29 is 24.6 Å². The van der Waals surface area contributed by atoms with E-state index in [9.17, 15) is 24.6 Å². The number of rotatable bonds is 11. The molecule has 2 heterocycles. The minimum Gasteiger partial charge on any atom is -0.480 e. The normalized spacial score (nSPS) is 13.2. The molecule has 2 aromatic carbocycles. The number of carbonyl (C=O) groups excluding carboxylic acids is 2. The van der Waals surface area contributed by atoms with Gasteiger partial charge in [-0.2, -0.15) is 0 Å². The number of nitrogens with one attached hydrogen (secondary N) is 1. The molecule has 9 heteroatoms. The third-order valence-corrected chi connectivity index (χ3v) is 9.20. The molecular weight excluding hydrogens is 586 g/mol. The van der Waals surface area contributed by atoms with Crippen LogP contribution in [0.4, 0.5) is 0 Å². The number of amides is 1. The minimum absolute atomic E-state index is 0.0744. The maximum absolute atomic E-state index is 13.3. The van der Waals surface area contributed by atoms with Gasteiger partial charge in [-0.05, 0) is 46.1 Å². The number of Topliss-reactive ketones (excluding diaryl/α,β-unsaturated/α-hetero) is 1. The molecule has 45 heavy (non-hydrogen) atoms. The van der Waals surface area contributed by atoms with E-state index in [0.29, 0.717) is 10.7 Å². The van der Waals surface area contributed by atoms with Gasteiger partial charge in [-0.15, -0.1) is 11.3 Å². The largest absolute Gasteiger partial charge is 0.480 e. The third kappa shape index (κ3) is 8.71. The van der Waals surface area contributed by atoms with Crippen LogP contribution in [-0.2, 0) is 26.8 Å². The second-order valence-electron chi connectivity index (χ2n) is 13.3.